The van der Waals surface area contributed by atoms with Gasteiger partial charge in [0.05, 0.1) is 17.1 Å². The van der Waals surface area contributed by atoms with Gasteiger partial charge in [-0.25, -0.2) is 13.4 Å². The molecular formula is C16H18N4O2S2. The van der Waals surface area contributed by atoms with Gasteiger partial charge < -0.3 is 0 Å². The van der Waals surface area contributed by atoms with Crippen molar-refractivity contribution in [2.75, 3.05) is 4.72 Å². The zero-order valence-corrected chi connectivity index (χ0v) is 15.3. The molecule has 2 N–H and O–H groups in total. The molecule has 1 aromatic carbocycles. The molecule has 126 valence electrons. The quantitative estimate of drug-likeness (QED) is 0.727. The first-order chi connectivity index (χ1) is 11.4. The second-order valence-corrected chi connectivity index (χ2v) is 7.93. The van der Waals surface area contributed by atoms with Crippen LogP contribution in [0.25, 0.3) is 11.3 Å². The van der Waals surface area contributed by atoms with Gasteiger partial charge in [0.25, 0.3) is 10.0 Å². The van der Waals surface area contributed by atoms with Crippen LogP contribution in [0.5, 0.6) is 0 Å². The summed E-state index contributed by atoms with van der Waals surface area (Å²) in [5.74, 6) is 0. The molecule has 2 aromatic heterocycles. The lowest BCUT2D eigenvalue weighted by Gasteiger charge is -2.05. The Morgan fingerprint density at radius 1 is 1.21 bits per heavy atom. The predicted octanol–water partition coefficient (Wildman–Crippen LogP) is 3.51. The monoisotopic (exact) mass is 362 g/mol. The lowest BCUT2D eigenvalue weighted by Crippen LogP contribution is -2.14. The molecule has 0 radical (unpaired) electrons. The average Bonchev–Trinajstić information content (AvgIpc) is 3.14. The van der Waals surface area contributed by atoms with Gasteiger partial charge in [-0.1, -0.05) is 31.2 Å². The van der Waals surface area contributed by atoms with E-state index in [0.29, 0.717) is 16.5 Å². The van der Waals surface area contributed by atoms with E-state index in [1.807, 2.05) is 17.5 Å². The maximum Gasteiger partial charge on any atom is 0.267 e. The summed E-state index contributed by atoms with van der Waals surface area (Å²) in [6.45, 7) is 5.43. The van der Waals surface area contributed by atoms with Crippen LogP contribution in [0.3, 0.4) is 0 Å². The third-order valence-corrected chi connectivity index (χ3v) is 6.20. The number of anilines is 1. The summed E-state index contributed by atoms with van der Waals surface area (Å²) >= 11 is 1.26. The van der Waals surface area contributed by atoms with Crippen LogP contribution in [0.4, 0.5) is 5.13 Å². The second kappa shape index (κ2) is 6.37. The third kappa shape index (κ3) is 3.20. The fraction of sp³-hybridized carbons (Fsp3) is 0.250. The zero-order chi connectivity index (χ0) is 17.3. The largest absolute Gasteiger partial charge is 0.281 e. The van der Waals surface area contributed by atoms with Crippen molar-refractivity contribution >= 4 is 26.5 Å². The Bertz CT molecular complexity index is 937. The number of rotatable bonds is 5. The molecule has 2 heterocycles. The molecule has 8 heteroatoms. The number of nitrogens with zero attached hydrogens (tertiary/aromatic N) is 2. The van der Waals surface area contributed by atoms with Crippen molar-refractivity contribution in [2.24, 2.45) is 0 Å². The summed E-state index contributed by atoms with van der Waals surface area (Å²) < 4.78 is 27.6. The van der Waals surface area contributed by atoms with Gasteiger partial charge in [0.1, 0.15) is 4.90 Å². The van der Waals surface area contributed by atoms with E-state index >= 15 is 0 Å². The van der Waals surface area contributed by atoms with E-state index in [4.69, 9.17) is 0 Å². The van der Waals surface area contributed by atoms with E-state index in [2.05, 4.69) is 39.0 Å². The van der Waals surface area contributed by atoms with E-state index in [1.165, 1.54) is 16.9 Å². The van der Waals surface area contributed by atoms with Gasteiger partial charge in [-0.2, -0.15) is 5.10 Å². The van der Waals surface area contributed by atoms with Crippen molar-refractivity contribution in [3.63, 3.8) is 0 Å². The van der Waals surface area contributed by atoms with Crippen LogP contribution >= 0.6 is 11.3 Å². The van der Waals surface area contributed by atoms with Gasteiger partial charge in [0, 0.05) is 10.9 Å². The lowest BCUT2D eigenvalue weighted by atomic mass is 10.1. The molecule has 3 rings (SSSR count). The number of hydrogen-bond acceptors (Lipinski definition) is 5. The van der Waals surface area contributed by atoms with Gasteiger partial charge in [0.15, 0.2) is 5.13 Å². The van der Waals surface area contributed by atoms with Gasteiger partial charge in [0.2, 0.25) is 0 Å². The molecule has 0 saturated carbocycles. The number of thiazole rings is 1. The number of H-pyrrole nitrogens is 1. The fourth-order valence-corrected chi connectivity index (χ4v) is 4.81. The highest BCUT2D eigenvalue weighted by Crippen LogP contribution is 2.28. The highest BCUT2D eigenvalue weighted by Gasteiger charge is 2.23. The van der Waals surface area contributed by atoms with E-state index in [9.17, 15) is 8.42 Å². The fourth-order valence-electron chi connectivity index (χ4n) is 2.47. The van der Waals surface area contributed by atoms with E-state index in [1.54, 1.807) is 13.8 Å². The summed E-state index contributed by atoms with van der Waals surface area (Å²) in [4.78, 5) is 4.56. The Balaban J connectivity index is 1.86. The number of aromatic amines is 1. The molecule has 6 nitrogen and oxygen atoms in total. The Labute approximate surface area is 145 Å². The van der Waals surface area contributed by atoms with Gasteiger partial charge in [-0.15, -0.1) is 11.3 Å². The zero-order valence-electron chi connectivity index (χ0n) is 13.6. The molecule has 0 atom stereocenters. The molecule has 0 unspecified atom stereocenters. The Morgan fingerprint density at radius 3 is 2.50 bits per heavy atom. The van der Waals surface area contributed by atoms with Crippen molar-refractivity contribution in [1.29, 1.82) is 0 Å². The van der Waals surface area contributed by atoms with E-state index in [0.717, 1.165) is 17.7 Å². The number of sulfonamides is 1. The molecular weight excluding hydrogens is 344 g/mol. The SMILES string of the molecule is CCc1ccc(-c2csc(NS(=O)(=O)c3c(C)n[nH]c3C)n2)cc1. The molecule has 0 spiro atoms. The second-order valence-electron chi connectivity index (χ2n) is 5.46. The normalized spacial score (nSPS) is 11.6. The van der Waals surface area contributed by atoms with Gasteiger partial charge in [-0.3, -0.25) is 9.82 Å². The summed E-state index contributed by atoms with van der Waals surface area (Å²) in [6.07, 6.45) is 0.978. The van der Waals surface area contributed by atoms with Crippen molar-refractivity contribution in [3.05, 3.63) is 46.6 Å². The molecule has 3 aromatic rings. The van der Waals surface area contributed by atoms with Crippen LogP contribution in [0.1, 0.15) is 23.9 Å². The maximum absolute atomic E-state index is 12.5. The molecule has 0 aliphatic carbocycles. The van der Waals surface area contributed by atoms with E-state index < -0.39 is 10.0 Å². The Morgan fingerprint density at radius 2 is 1.92 bits per heavy atom. The molecule has 0 aliphatic heterocycles. The molecule has 24 heavy (non-hydrogen) atoms. The molecule has 0 amide bonds. The third-order valence-electron chi connectivity index (χ3n) is 3.71. The summed E-state index contributed by atoms with van der Waals surface area (Å²) in [5.41, 5.74) is 3.91. The first kappa shape index (κ1) is 16.7. The summed E-state index contributed by atoms with van der Waals surface area (Å²) in [6, 6.07) is 8.10. The van der Waals surface area contributed by atoms with E-state index in [-0.39, 0.29) is 4.90 Å². The average molecular weight is 362 g/mol. The summed E-state index contributed by atoms with van der Waals surface area (Å²) in [7, 11) is -3.71. The van der Waals surface area contributed by atoms with Crippen molar-refractivity contribution < 1.29 is 8.42 Å². The number of benzene rings is 1. The Kier molecular flexibility index (Phi) is 4.42. The van der Waals surface area contributed by atoms with Crippen molar-refractivity contribution in [1.82, 2.24) is 15.2 Å². The molecule has 0 aliphatic rings. The molecule has 0 fully saturated rings. The van der Waals surface area contributed by atoms with Crippen LogP contribution in [0.2, 0.25) is 0 Å². The lowest BCUT2D eigenvalue weighted by molar-refractivity contribution is 0.600. The highest BCUT2D eigenvalue weighted by molar-refractivity contribution is 7.93. The number of hydrogen-bond donors (Lipinski definition) is 2. The smallest absolute Gasteiger partial charge is 0.267 e. The van der Waals surface area contributed by atoms with Crippen molar-refractivity contribution in [2.45, 2.75) is 32.1 Å². The van der Waals surface area contributed by atoms with Crippen LogP contribution < -0.4 is 4.72 Å². The number of aromatic nitrogens is 3. The van der Waals surface area contributed by atoms with Gasteiger partial charge >= 0.3 is 0 Å². The molecule has 0 saturated heterocycles. The number of nitrogens with one attached hydrogen (secondary N) is 2. The first-order valence-electron chi connectivity index (χ1n) is 7.50. The van der Waals surface area contributed by atoms with Crippen molar-refractivity contribution in [3.8, 4) is 11.3 Å². The standard InChI is InChI=1S/C16H18N4O2S2/c1-4-12-5-7-13(8-6-12)14-9-23-16(17-14)20-24(21,22)15-10(2)18-19-11(15)3/h5-9H,4H2,1-3H3,(H,17,20)(H,18,19). The maximum atomic E-state index is 12.5. The minimum atomic E-state index is -3.71. The minimum absolute atomic E-state index is 0.173. The Hall–Kier alpha value is -2.19. The first-order valence-corrected chi connectivity index (χ1v) is 9.86. The molecule has 0 bridgehead atoms. The van der Waals surface area contributed by atoms with Crippen LogP contribution in [0.15, 0.2) is 34.5 Å². The van der Waals surface area contributed by atoms with Crippen LogP contribution in [-0.2, 0) is 16.4 Å². The topological polar surface area (TPSA) is 87.7 Å². The van der Waals surface area contributed by atoms with Crippen LogP contribution in [-0.4, -0.2) is 23.6 Å². The van der Waals surface area contributed by atoms with Gasteiger partial charge in [-0.05, 0) is 25.8 Å². The summed E-state index contributed by atoms with van der Waals surface area (Å²) in [5, 5.41) is 8.80. The highest BCUT2D eigenvalue weighted by atomic mass is 32.2. The minimum Gasteiger partial charge on any atom is -0.281 e. The predicted molar refractivity (Wildman–Crippen MR) is 95.8 cm³/mol. The number of aryl methyl sites for hydroxylation is 3. The van der Waals surface area contributed by atoms with Crippen LogP contribution in [0, 0.1) is 13.8 Å².